The van der Waals surface area contributed by atoms with E-state index in [2.05, 4.69) is 48.2 Å². The molecule has 0 aromatic heterocycles. The van der Waals surface area contributed by atoms with Crippen LogP contribution in [0.15, 0.2) is 72.8 Å². The van der Waals surface area contributed by atoms with Gasteiger partial charge >= 0.3 is 0 Å². The smallest absolute Gasteiger partial charge is 0.254 e. The molecule has 30 heavy (non-hydrogen) atoms. The number of hydrogen-bond donors (Lipinski definition) is 0. The quantitative estimate of drug-likeness (QED) is 0.580. The average molecular weight is 398 g/mol. The molecule has 0 bridgehead atoms. The Morgan fingerprint density at radius 3 is 2.43 bits per heavy atom. The fourth-order valence-corrected chi connectivity index (χ4v) is 4.88. The largest absolute Gasteiger partial charge is 0.497 e. The van der Waals surface area contributed by atoms with Gasteiger partial charge in [0.2, 0.25) is 0 Å². The summed E-state index contributed by atoms with van der Waals surface area (Å²) >= 11 is 0. The van der Waals surface area contributed by atoms with Gasteiger partial charge in [0.05, 0.1) is 13.2 Å². The first-order valence-corrected chi connectivity index (χ1v) is 10.7. The number of fused-ring (bicyclic) bond motifs is 1. The highest BCUT2D eigenvalue weighted by molar-refractivity contribution is 5.95. The Hall–Kier alpha value is -3.07. The molecule has 1 aliphatic carbocycles. The first-order chi connectivity index (χ1) is 14.6. The second-order valence-corrected chi connectivity index (χ2v) is 8.71. The Morgan fingerprint density at radius 2 is 1.77 bits per heavy atom. The van der Waals surface area contributed by atoms with Crippen molar-refractivity contribution < 1.29 is 9.53 Å². The van der Waals surface area contributed by atoms with Crippen LogP contribution in [0, 0.1) is 6.92 Å². The monoisotopic (exact) mass is 397 g/mol. The fourth-order valence-electron chi connectivity index (χ4n) is 4.88. The van der Waals surface area contributed by atoms with E-state index in [1.807, 2.05) is 36.4 Å². The third-order valence-corrected chi connectivity index (χ3v) is 6.67. The highest BCUT2D eigenvalue weighted by atomic mass is 16.5. The van der Waals surface area contributed by atoms with E-state index in [0.29, 0.717) is 0 Å². The first-order valence-electron chi connectivity index (χ1n) is 10.7. The second-order valence-electron chi connectivity index (χ2n) is 8.71. The highest BCUT2D eigenvalue weighted by Crippen LogP contribution is 2.54. The van der Waals surface area contributed by atoms with Gasteiger partial charge < -0.3 is 9.64 Å². The maximum absolute atomic E-state index is 13.7. The Morgan fingerprint density at radius 1 is 1.03 bits per heavy atom. The topological polar surface area (TPSA) is 29.5 Å². The van der Waals surface area contributed by atoms with Gasteiger partial charge in [0.1, 0.15) is 5.75 Å². The Labute approximate surface area is 178 Å². The molecule has 3 nitrogen and oxygen atoms in total. The summed E-state index contributed by atoms with van der Waals surface area (Å²) in [6.45, 7) is 2.11. The molecule has 3 aromatic rings. The van der Waals surface area contributed by atoms with Crippen LogP contribution in [-0.4, -0.2) is 23.5 Å². The van der Waals surface area contributed by atoms with Crippen molar-refractivity contribution in [3.05, 3.63) is 101 Å². The molecule has 1 unspecified atom stereocenters. The number of rotatable bonds is 4. The van der Waals surface area contributed by atoms with Gasteiger partial charge in [-0.25, -0.2) is 0 Å². The fraction of sp³-hybridized carbons (Fsp3) is 0.296. The number of aryl methyl sites for hydroxylation is 1. The van der Waals surface area contributed by atoms with Gasteiger partial charge in [0.25, 0.3) is 5.91 Å². The molecule has 152 valence electrons. The summed E-state index contributed by atoms with van der Waals surface area (Å²) < 4.78 is 5.50. The van der Waals surface area contributed by atoms with Crippen LogP contribution in [-0.2, 0) is 12.8 Å². The van der Waals surface area contributed by atoms with Gasteiger partial charge in [0.15, 0.2) is 0 Å². The Balaban J connectivity index is 1.60. The Bertz CT molecular complexity index is 1070. The number of amides is 1. The van der Waals surface area contributed by atoms with E-state index in [1.165, 1.54) is 22.3 Å². The van der Waals surface area contributed by atoms with Crippen LogP contribution in [0.1, 0.15) is 51.5 Å². The zero-order valence-electron chi connectivity index (χ0n) is 17.6. The van der Waals surface area contributed by atoms with Gasteiger partial charge in [-0.05, 0) is 73.6 Å². The molecule has 1 saturated carbocycles. The average Bonchev–Trinajstić information content (AvgIpc) is 3.54. The van der Waals surface area contributed by atoms with Crippen LogP contribution in [0.5, 0.6) is 5.75 Å². The summed E-state index contributed by atoms with van der Waals surface area (Å²) in [4.78, 5) is 15.9. The highest BCUT2D eigenvalue weighted by Gasteiger charge is 2.55. The zero-order valence-corrected chi connectivity index (χ0v) is 17.6. The second kappa shape index (κ2) is 7.32. The summed E-state index contributed by atoms with van der Waals surface area (Å²) in [5.74, 6) is 1.04. The minimum absolute atomic E-state index is 0.0255. The van der Waals surface area contributed by atoms with Crippen molar-refractivity contribution in [3.8, 4) is 5.75 Å². The normalized spacial score (nSPS) is 18.7. The third-order valence-electron chi connectivity index (χ3n) is 6.67. The maximum atomic E-state index is 13.7. The molecule has 3 aromatic carbocycles. The minimum atomic E-state index is -0.0678. The molecular weight excluding hydrogens is 370 g/mol. The van der Waals surface area contributed by atoms with Crippen LogP contribution in [0.25, 0.3) is 0 Å². The summed E-state index contributed by atoms with van der Waals surface area (Å²) in [7, 11) is 1.71. The van der Waals surface area contributed by atoms with Gasteiger partial charge in [-0.2, -0.15) is 0 Å². The lowest BCUT2D eigenvalue weighted by molar-refractivity contribution is 0.0486. The Kier molecular flexibility index (Phi) is 4.62. The number of nitrogens with zero attached hydrogens (tertiary/aromatic N) is 1. The zero-order chi connectivity index (χ0) is 20.7. The van der Waals surface area contributed by atoms with Crippen molar-refractivity contribution in [3.63, 3.8) is 0 Å². The molecule has 1 heterocycles. The van der Waals surface area contributed by atoms with Crippen LogP contribution in [0.2, 0.25) is 0 Å². The number of carbonyl (C=O) groups is 1. The van der Waals surface area contributed by atoms with E-state index >= 15 is 0 Å². The molecule has 1 atom stereocenters. The molecule has 0 saturated heterocycles. The third kappa shape index (κ3) is 3.28. The predicted molar refractivity (Wildman–Crippen MR) is 119 cm³/mol. The van der Waals surface area contributed by atoms with E-state index in [9.17, 15) is 4.79 Å². The van der Waals surface area contributed by atoms with E-state index in [4.69, 9.17) is 4.74 Å². The van der Waals surface area contributed by atoms with E-state index < -0.39 is 0 Å². The number of ether oxygens (including phenoxy) is 1. The number of hydrogen-bond acceptors (Lipinski definition) is 2. The molecule has 5 rings (SSSR count). The van der Waals surface area contributed by atoms with Crippen molar-refractivity contribution in [1.82, 2.24) is 4.90 Å². The van der Waals surface area contributed by atoms with E-state index in [1.54, 1.807) is 7.11 Å². The number of carbonyl (C=O) groups excluding carboxylic acids is 1. The predicted octanol–water partition coefficient (Wildman–Crippen LogP) is 5.52. The SMILES string of the molecule is COc1ccc2c(c1)CC1(CC1)N(C(=O)c1ccccc1)C2Cc1ccc(C)cc1. The van der Waals surface area contributed by atoms with E-state index in [0.717, 1.165) is 37.0 Å². The molecule has 2 aliphatic rings. The van der Waals surface area contributed by atoms with Crippen molar-refractivity contribution >= 4 is 5.91 Å². The van der Waals surface area contributed by atoms with Crippen LogP contribution >= 0.6 is 0 Å². The summed E-state index contributed by atoms with van der Waals surface area (Å²) in [5.41, 5.74) is 5.79. The number of benzene rings is 3. The summed E-state index contributed by atoms with van der Waals surface area (Å²) in [6.07, 6.45) is 3.85. The molecule has 1 spiro atoms. The van der Waals surface area contributed by atoms with Crippen molar-refractivity contribution in [2.24, 2.45) is 0 Å². The van der Waals surface area contributed by atoms with Gasteiger partial charge in [-0.1, -0.05) is 54.1 Å². The lowest BCUT2D eigenvalue weighted by Crippen LogP contribution is -2.50. The van der Waals surface area contributed by atoms with Crippen molar-refractivity contribution in [1.29, 1.82) is 0 Å². The summed E-state index contributed by atoms with van der Waals surface area (Å²) in [6, 6.07) is 24.8. The molecular formula is C27H27NO2. The van der Waals surface area contributed by atoms with Crippen molar-refractivity contribution in [2.45, 2.75) is 44.2 Å². The lowest BCUT2D eigenvalue weighted by atomic mass is 9.83. The van der Waals surface area contributed by atoms with Gasteiger partial charge in [-0.3, -0.25) is 4.79 Å². The molecule has 1 amide bonds. The summed E-state index contributed by atoms with van der Waals surface area (Å²) in [5, 5.41) is 0. The van der Waals surface area contributed by atoms with Crippen molar-refractivity contribution in [2.75, 3.05) is 7.11 Å². The van der Waals surface area contributed by atoms with Gasteiger partial charge in [0, 0.05) is 11.1 Å². The molecule has 1 aliphatic heterocycles. The maximum Gasteiger partial charge on any atom is 0.254 e. The molecule has 3 heteroatoms. The first kappa shape index (κ1) is 18.9. The van der Waals surface area contributed by atoms with Crippen LogP contribution in [0.3, 0.4) is 0 Å². The lowest BCUT2D eigenvalue weighted by Gasteiger charge is -2.44. The molecule has 0 N–H and O–H groups in total. The standard InChI is InChI=1S/C27H27NO2/c1-19-8-10-20(11-9-19)16-25-24-13-12-23(30-2)17-22(24)18-27(14-15-27)28(25)26(29)21-6-4-3-5-7-21/h3-13,17,25H,14-16,18H2,1-2H3. The molecule has 1 fully saturated rings. The van der Waals surface area contributed by atoms with Crippen LogP contribution in [0.4, 0.5) is 0 Å². The van der Waals surface area contributed by atoms with Gasteiger partial charge in [-0.15, -0.1) is 0 Å². The van der Waals surface area contributed by atoms with Crippen LogP contribution < -0.4 is 4.74 Å². The minimum Gasteiger partial charge on any atom is -0.497 e. The van der Waals surface area contributed by atoms with E-state index in [-0.39, 0.29) is 17.5 Å². The molecule has 0 radical (unpaired) electrons. The number of methoxy groups -OCH3 is 1.